The van der Waals surface area contributed by atoms with E-state index < -0.39 is 5.60 Å². The Balaban J connectivity index is 1.39. The zero-order valence-corrected chi connectivity index (χ0v) is 20.1. The largest absolute Gasteiger partial charge is 0.496 e. The number of likely N-dealkylation sites (tertiary alicyclic amines) is 1. The molecule has 0 spiro atoms. The minimum Gasteiger partial charge on any atom is -0.496 e. The lowest BCUT2D eigenvalue weighted by Gasteiger charge is -2.37. The van der Waals surface area contributed by atoms with E-state index in [1.807, 2.05) is 74.2 Å². The number of piperidine rings is 1. The van der Waals surface area contributed by atoms with Gasteiger partial charge in [-0.3, -0.25) is 0 Å². The SMILES string of the molecule is COc1ccccc1-c1noc(COc2ccc(C3CCCCN3C(=O)OC(C)(C)C)cc2)n1. The Morgan fingerprint density at radius 1 is 1.12 bits per heavy atom. The van der Waals surface area contributed by atoms with Crippen molar-refractivity contribution in [1.82, 2.24) is 15.0 Å². The van der Waals surface area contributed by atoms with Crippen LogP contribution in [0.1, 0.15) is 57.5 Å². The summed E-state index contributed by atoms with van der Waals surface area (Å²) >= 11 is 0. The van der Waals surface area contributed by atoms with E-state index in [1.165, 1.54) is 0 Å². The molecule has 1 aliphatic heterocycles. The van der Waals surface area contributed by atoms with E-state index in [-0.39, 0.29) is 18.7 Å². The first-order chi connectivity index (χ1) is 16.3. The average molecular weight is 466 g/mol. The van der Waals surface area contributed by atoms with Crippen molar-refractivity contribution in [2.45, 2.75) is 58.3 Å². The van der Waals surface area contributed by atoms with Gasteiger partial charge in [-0.05, 0) is 69.9 Å². The molecule has 1 amide bonds. The minimum atomic E-state index is -0.517. The summed E-state index contributed by atoms with van der Waals surface area (Å²) in [6, 6.07) is 15.3. The Bertz CT molecular complexity index is 1100. The molecule has 8 nitrogen and oxygen atoms in total. The van der Waals surface area contributed by atoms with Gasteiger partial charge in [0.15, 0.2) is 6.61 Å². The zero-order chi connectivity index (χ0) is 24.1. The third kappa shape index (κ3) is 5.68. The summed E-state index contributed by atoms with van der Waals surface area (Å²) < 4.78 is 22.2. The van der Waals surface area contributed by atoms with E-state index >= 15 is 0 Å². The summed E-state index contributed by atoms with van der Waals surface area (Å²) in [6.45, 7) is 6.51. The molecule has 1 saturated heterocycles. The van der Waals surface area contributed by atoms with Crippen molar-refractivity contribution >= 4 is 6.09 Å². The number of ether oxygens (including phenoxy) is 3. The Labute approximate surface area is 199 Å². The van der Waals surface area contributed by atoms with Crippen molar-refractivity contribution in [2.75, 3.05) is 13.7 Å². The van der Waals surface area contributed by atoms with Gasteiger partial charge in [0, 0.05) is 6.54 Å². The summed E-state index contributed by atoms with van der Waals surface area (Å²) in [6.07, 6.45) is 2.71. The molecule has 0 saturated carbocycles. The van der Waals surface area contributed by atoms with Crippen molar-refractivity contribution in [1.29, 1.82) is 0 Å². The lowest BCUT2D eigenvalue weighted by Crippen LogP contribution is -2.41. The molecule has 1 atom stereocenters. The van der Waals surface area contributed by atoms with Crippen molar-refractivity contribution in [3.8, 4) is 22.9 Å². The molecule has 0 aliphatic carbocycles. The number of carbonyl (C=O) groups excluding carboxylic acids is 1. The lowest BCUT2D eigenvalue weighted by molar-refractivity contribution is 0.00951. The summed E-state index contributed by atoms with van der Waals surface area (Å²) in [7, 11) is 1.60. The molecule has 1 aliphatic rings. The van der Waals surface area contributed by atoms with Crippen LogP contribution in [0.2, 0.25) is 0 Å². The molecule has 3 aromatic rings. The molecule has 2 aromatic carbocycles. The average Bonchev–Trinajstić information content (AvgIpc) is 3.31. The molecule has 0 radical (unpaired) electrons. The van der Waals surface area contributed by atoms with Crippen LogP contribution in [0.5, 0.6) is 11.5 Å². The van der Waals surface area contributed by atoms with Gasteiger partial charge in [0.25, 0.3) is 5.89 Å². The van der Waals surface area contributed by atoms with Crippen LogP contribution in [-0.4, -0.2) is 40.4 Å². The van der Waals surface area contributed by atoms with Crippen molar-refractivity contribution in [2.24, 2.45) is 0 Å². The number of hydrogen-bond donors (Lipinski definition) is 0. The molecule has 1 unspecified atom stereocenters. The molecule has 1 aromatic heterocycles. The fraction of sp³-hybridized carbons (Fsp3) is 0.423. The Kier molecular flexibility index (Phi) is 7.05. The molecule has 1 fully saturated rings. The predicted molar refractivity (Wildman–Crippen MR) is 127 cm³/mol. The molecule has 0 N–H and O–H groups in total. The summed E-state index contributed by atoms with van der Waals surface area (Å²) in [4.78, 5) is 19.0. The number of hydrogen-bond acceptors (Lipinski definition) is 7. The van der Waals surface area contributed by atoms with Crippen LogP contribution in [0.3, 0.4) is 0 Å². The van der Waals surface area contributed by atoms with Crippen LogP contribution < -0.4 is 9.47 Å². The maximum Gasteiger partial charge on any atom is 0.410 e. The predicted octanol–water partition coefficient (Wildman–Crippen LogP) is 5.79. The first-order valence-corrected chi connectivity index (χ1v) is 11.5. The maximum atomic E-state index is 12.7. The number of amides is 1. The monoisotopic (exact) mass is 465 g/mol. The lowest BCUT2D eigenvalue weighted by atomic mass is 9.95. The highest BCUT2D eigenvalue weighted by Gasteiger charge is 2.31. The van der Waals surface area contributed by atoms with Gasteiger partial charge in [-0.2, -0.15) is 4.98 Å². The summed E-state index contributed by atoms with van der Waals surface area (Å²) in [5.74, 6) is 2.18. The number of rotatable bonds is 6. The van der Waals surface area contributed by atoms with Crippen molar-refractivity contribution in [3.05, 3.63) is 60.0 Å². The van der Waals surface area contributed by atoms with E-state index in [1.54, 1.807) is 7.11 Å². The molecule has 180 valence electrons. The molecule has 34 heavy (non-hydrogen) atoms. The molecular weight excluding hydrogens is 434 g/mol. The van der Waals surface area contributed by atoms with Crippen molar-refractivity contribution in [3.63, 3.8) is 0 Å². The van der Waals surface area contributed by atoms with Gasteiger partial charge in [-0.25, -0.2) is 4.79 Å². The fourth-order valence-corrected chi connectivity index (χ4v) is 4.00. The van der Waals surface area contributed by atoms with Crippen LogP contribution in [0.4, 0.5) is 4.79 Å². The van der Waals surface area contributed by atoms with E-state index in [4.69, 9.17) is 18.7 Å². The normalized spacial score (nSPS) is 16.2. The van der Waals surface area contributed by atoms with Gasteiger partial charge in [0.2, 0.25) is 5.82 Å². The van der Waals surface area contributed by atoms with E-state index in [0.717, 1.165) is 30.4 Å². The van der Waals surface area contributed by atoms with Crippen LogP contribution in [0.15, 0.2) is 53.1 Å². The Morgan fingerprint density at radius 3 is 2.62 bits per heavy atom. The standard InChI is InChI=1S/C26H31N3O5/c1-26(2,3)33-25(30)29-16-8-7-10-21(29)18-12-14-19(15-13-18)32-17-23-27-24(28-34-23)20-9-5-6-11-22(20)31-4/h5-6,9,11-15,21H,7-8,10,16-17H2,1-4H3. The van der Waals surface area contributed by atoms with Crippen LogP contribution in [0.25, 0.3) is 11.4 Å². The first-order valence-electron chi connectivity index (χ1n) is 11.5. The van der Waals surface area contributed by atoms with Gasteiger partial charge in [-0.15, -0.1) is 0 Å². The minimum absolute atomic E-state index is 0.00278. The molecule has 8 heteroatoms. The third-order valence-corrected chi connectivity index (χ3v) is 5.57. The second-order valence-corrected chi connectivity index (χ2v) is 9.26. The van der Waals surface area contributed by atoms with Gasteiger partial charge >= 0.3 is 6.09 Å². The summed E-state index contributed by atoms with van der Waals surface area (Å²) in [5, 5.41) is 4.04. The van der Waals surface area contributed by atoms with Crippen LogP contribution in [-0.2, 0) is 11.3 Å². The molecule has 0 bridgehead atoms. The third-order valence-electron chi connectivity index (χ3n) is 5.57. The van der Waals surface area contributed by atoms with Gasteiger partial charge < -0.3 is 23.6 Å². The van der Waals surface area contributed by atoms with Gasteiger partial charge in [0.05, 0.1) is 18.7 Å². The number of benzene rings is 2. The second kappa shape index (κ2) is 10.2. The van der Waals surface area contributed by atoms with Crippen molar-refractivity contribution < 1.29 is 23.5 Å². The van der Waals surface area contributed by atoms with Crippen LogP contribution >= 0.6 is 0 Å². The van der Waals surface area contributed by atoms with E-state index in [9.17, 15) is 4.79 Å². The highest BCUT2D eigenvalue weighted by atomic mass is 16.6. The maximum absolute atomic E-state index is 12.7. The number of aromatic nitrogens is 2. The number of carbonyl (C=O) groups is 1. The molecule has 4 rings (SSSR count). The first kappa shape index (κ1) is 23.6. The smallest absolute Gasteiger partial charge is 0.410 e. The van der Waals surface area contributed by atoms with E-state index in [0.29, 0.717) is 29.8 Å². The number of nitrogens with zero attached hydrogens (tertiary/aromatic N) is 3. The van der Waals surface area contributed by atoms with Gasteiger partial charge in [-0.1, -0.05) is 29.4 Å². The Morgan fingerprint density at radius 2 is 1.88 bits per heavy atom. The summed E-state index contributed by atoms with van der Waals surface area (Å²) in [5.41, 5.74) is 1.30. The van der Waals surface area contributed by atoms with E-state index in [2.05, 4.69) is 10.1 Å². The van der Waals surface area contributed by atoms with Crippen LogP contribution in [0, 0.1) is 0 Å². The topological polar surface area (TPSA) is 86.9 Å². The van der Waals surface area contributed by atoms with Gasteiger partial charge in [0.1, 0.15) is 17.1 Å². The highest BCUT2D eigenvalue weighted by molar-refractivity contribution is 5.69. The quantitative estimate of drug-likeness (QED) is 0.455. The second-order valence-electron chi connectivity index (χ2n) is 9.26. The highest BCUT2D eigenvalue weighted by Crippen LogP contribution is 2.33. The molecule has 2 heterocycles. The zero-order valence-electron chi connectivity index (χ0n) is 20.1. The Hall–Kier alpha value is -3.55. The fourth-order valence-electron chi connectivity index (χ4n) is 4.00. The number of methoxy groups -OCH3 is 1. The number of para-hydroxylation sites is 1. The molecular formula is C26H31N3O5.